The fourth-order valence-electron chi connectivity index (χ4n) is 1.52. The fourth-order valence-corrected chi connectivity index (χ4v) is 1.93. The van der Waals surface area contributed by atoms with Crippen LogP contribution in [0.4, 0.5) is 0 Å². The van der Waals surface area contributed by atoms with Crippen molar-refractivity contribution in [2.45, 2.75) is 5.88 Å². The van der Waals surface area contributed by atoms with Crippen LogP contribution in [0.5, 0.6) is 17.2 Å². The van der Waals surface area contributed by atoms with Gasteiger partial charge < -0.3 is 9.47 Å². The van der Waals surface area contributed by atoms with E-state index in [0.717, 1.165) is 17.1 Å². The second-order valence-corrected chi connectivity index (χ2v) is 4.37. The Morgan fingerprint density at radius 3 is 2.28 bits per heavy atom. The van der Waals surface area contributed by atoms with Crippen molar-refractivity contribution in [3.05, 3.63) is 53.1 Å². The van der Waals surface area contributed by atoms with Gasteiger partial charge in [-0.1, -0.05) is 11.6 Å². The fraction of sp³-hybridized carbons (Fsp3) is 0.143. The molecule has 0 unspecified atom stereocenters. The summed E-state index contributed by atoms with van der Waals surface area (Å²) < 4.78 is 10.8. The maximum atomic E-state index is 5.91. The SMILES string of the molecule is COc1ccc(Oc2ccc(Cl)cc2CCl)cc1. The molecule has 0 fully saturated rings. The molecule has 0 aromatic heterocycles. The van der Waals surface area contributed by atoms with E-state index in [4.69, 9.17) is 32.7 Å². The zero-order valence-corrected chi connectivity index (χ0v) is 11.3. The van der Waals surface area contributed by atoms with E-state index in [1.54, 1.807) is 19.2 Å². The molecule has 94 valence electrons. The zero-order chi connectivity index (χ0) is 13.0. The molecule has 0 amide bonds. The zero-order valence-electron chi connectivity index (χ0n) is 9.82. The standard InChI is InChI=1S/C14H12Cl2O2/c1-17-12-3-5-13(6-4-12)18-14-7-2-11(16)8-10(14)9-15/h2-8H,9H2,1H3. The van der Waals surface area contributed by atoms with Crippen molar-refractivity contribution in [3.8, 4) is 17.2 Å². The molecule has 0 spiro atoms. The van der Waals surface area contributed by atoms with Crippen LogP contribution in [0.3, 0.4) is 0 Å². The molecule has 2 aromatic carbocycles. The molecule has 0 saturated heterocycles. The number of hydrogen-bond donors (Lipinski definition) is 0. The Morgan fingerprint density at radius 1 is 1.00 bits per heavy atom. The van der Waals surface area contributed by atoms with Crippen LogP contribution in [-0.2, 0) is 5.88 Å². The molecule has 2 rings (SSSR count). The van der Waals surface area contributed by atoms with Gasteiger partial charge in [-0.05, 0) is 42.5 Å². The van der Waals surface area contributed by atoms with Gasteiger partial charge in [-0.15, -0.1) is 11.6 Å². The van der Waals surface area contributed by atoms with Crippen molar-refractivity contribution in [3.63, 3.8) is 0 Å². The summed E-state index contributed by atoms with van der Waals surface area (Å²) in [6.45, 7) is 0. The molecule has 2 nitrogen and oxygen atoms in total. The Hall–Kier alpha value is -1.38. The Morgan fingerprint density at radius 2 is 1.67 bits per heavy atom. The summed E-state index contributed by atoms with van der Waals surface area (Å²) in [6, 6.07) is 12.7. The van der Waals surface area contributed by atoms with E-state index in [0.29, 0.717) is 16.7 Å². The van der Waals surface area contributed by atoms with Gasteiger partial charge in [0.1, 0.15) is 17.2 Å². The Balaban J connectivity index is 2.22. The lowest BCUT2D eigenvalue weighted by Gasteiger charge is -2.10. The topological polar surface area (TPSA) is 18.5 Å². The second kappa shape index (κ2) is 5.98. The predicted octanol–water partition coefficient (Wildman–Crippen LogP) is 4.88. The highest BCUT2D eigenvalue weighted by atomic mass is 35.5. The molecule has 0 heterocycles. The lowest BCUT2D eigenvalue weighted by atomic mass is 10.2. The first kappa shape index (κ1) is 13.1. The van der Waals surface area contributed by atoms with Gasteiger partial charge in [-0.25, -0.2) is 0 Å². The van der Waals surface area contributed by atoms with Gasteiger partial charge >= 0.3 is 0 Å². The van der Waals surface area contributed by atoms with Crippen LogP contribution in [-0.4, -0.2) is 7.11 Å². The predicted molar refractivity (Wildman–Crippen MR) is 74.1 cm³/mol. The molecular weight excluding hydrogens is 271 g/mol. The first-order chi connectivity index (χ1) is 8.72. The molecular formula is C14H12Cl2O2. The van der Waals surface area contributed by atoms with Crippen LogP contribution >= 0.6 is 23.2 Å². The molecule has 0 N–H and O–H groups in total. The van der Waals surface area contributed by atoms with Crippen LogP contribution in [0.25, 0.3) is 0 Å². The molecule has 0 aliphatic heterocycles. The monoisotopic (exact) mass is 282 g/mol. The number of ether oxygens (including phenoxy) is 2. The van der Waals surface area contributed by atoms with Crippen molar-refractivity contribution < 1.29 is 9.47 Å². The molecule has 18 heavy (non-hydrogen) atoms. The van der Waals surface area contributed by atoms with E-state index in [1.165, 1.54) is 0 Å². The molecule has 0 aliphatic rings. The van der Waals surface area contributed by atoms with Crippen molar-refractivity contribution >= 4 is 23.2 Å². The Labute approximate surface area is 116 Å². The molecule has 0 bridgehead atoms. The number of rotatable bonds is 4. The number of alkyl halides is 1. The molecule has 0 atom stereocenters. The van der Waals surface area contributed by atoms with Gasteiger partial charge in [0, 0.05) is 10.6 Å². The van der Waals surface area contributed by atoms with E-state index in [2.05, 4.69) is 0 Å². The third-order valence-corrected chi connectivity index (χ3v) is 2.98. The lowest BCUT2D eigenvalue weighted by Crippen LogP contribution is -1.90. The van der Waals surface area contributed by atoms with Crippen molar-refractivity contribution in [1.82, 2.24) is 0 Å². The molecule has 0 radical (unpaired) electrons. The van der Waals surface area contributed by atoms with E-state index in [-0.39, 0.29) is 0 Å². The highest BCUT2D eigenvalue weighted by molar-refractivity contribution is 6.30. The normalized spacial score (nSPS) is 10.2. The van der Waals surface area contributed by atoms with Gasteiger partial charge in [0.05, 0.1) is 13.0 Å². The van der Waals surface area contributed by atoms with Crippen molar-refractivity contribution in [2.24, 2.45) is 0 Å². The summed E-state index contributed by atoms with van der Waals surface area (Å²) in [5.41, 5.74) is 0.861. The first-order valence-electron chi connectivity index (χ1n) is 5.39. The highest BCUT2D eigenvalue weighted by Gasteiger charge is 2.05. The summed E-state index contributed by atoms with van der Waals surface area (Å²) in [5.74, 6) is 2.58. The highest BCUT2D eigenvalue weighted by Crippen LogP contribution is 2.29. The number of halogens is 2. The molecule has 0 aliphatic carbocycles. The quantitative estimate of drug-likeness (QED) is 0.744. The van der Waals surface area contributed by atoms with Crippen molar-refractivity contribution in [2.75, 3.05) is 7.11 Å². The van der Waals surface area contributed by atoms with Gasteiger partial charge in [0.25, 0.3) is 0 Å². The molecule has 4 heteroatoms. The van der Waals surface area contributed by atoms with E-state index in [1.807, 2.05) is 30.3 Å². The molecule has 0 saturated carbocycles. The van der Waals surface area contributed by atoms with Gasteiger partial charge in [-0.2, -0.15) is 0 Å². The van der Waals surface area contributed by atoms with Gasteiger partial charge in [0.15, 0.2) is 0 Å². The van der Waals surface area contributed by atoms with Crippen LogP contribution in [0.2, 0.25) is 5.02 Å². The average molecular weight is 283 g/mol. The van der Waals surface area contributed by atoms with Gasteiger partial charge in [0.2, 0.25) is 0 Å². The minimum atomic E-state index is 0.353. The van der Waals surface area contributed by atoms with Gasteiger partial charge in [-0.3, -0.25) is 0 Å². The maximum Gasteiger partial charge on any atom is 0.131 e. The van der Waals surface area contributed by atoms with Crippen LogP contribution < -0.4 is 9.47 Å². The Bertz CT molecular complexity index is 524. The molecule has 2 aromatic rings. The third kappa shape index (κ3) is 3.09. The van der Waals surface area contributed by atoms with E-state index >= 15 is 0 Å². The average Bonchev–Trinajstić information content (AvgIpc) is 2.41. The summed E-state index contributed by atoms with van der Waals surface area (Å²) in [6.07, 6.45) is 0. The van der Waals surface area contributed by atoms with E-state index in [9.17, 15) is 0 Å². The van der Waals surface area contributed by atoms with Crippen LogP contribution in [0.1, 0.15) is 5.56 Å². The second-order valence-electron chi connectivity index (χ2n) is 3.66. The smallest absolute Gasteiger partial charge is 0.131 e. The summed E-state index contributed by atoms with van der Waals surface area (Å²) in [5, 5.41) is 0.646. The van der Waals surface area contributed by atoms with Crippen molar-refractivity contribution in [1.29, 1.82) is 0 Å². The largest absolute Gasteiger partial charge is 0.497 e. The first-order valence-corrected chi connectivity index (χ1v) is 6.30. The Kier molecular flexibility index (Phi) is 4.34. The maximum absolute atomic E-state index is 5.91. The summed E-state index contributed by atoms with van der Waals surface area (Å²) in [7, 11) is 1.63. The third-order valence-electron chi connectivity index (χ3n) is 2.45. The lowest BCUT2D eigenvalue weighted by molar-refractivity contribution is 0.412. The number of benzene rings is 2. The van der Waals surface area contributed by atoms with E-state index < -0.39 is 0 Å². The minimum Gasteiger partial charge on any atom is -0.497 e. The van der Waals surface area contributed by atoms with Crippen LogP contribution in [0, 0.1) is 0 Å². The minimum absolute atomic E-state index is 0.353. The summed E-state index contributed by atoms with van der Waals surface area (Å²) >= 11 is 11.8. The number of methoxy groups -OCH3 is 1. The number of hydrogen-bond acceptors (Lipinski definition) is 2. The van der Waals surface area contributed by atoms with Crippen LogP contribution in [0.15, 0.2) is 42.5 Å². The summed E-state index contributed by atoms with van der Waals surface area (Å²) in [4.78, 5) is 0.